The molecule has 20 heavy (non-hydrogen) atoms. The highest BCUT2D eigenvalue weighted by atomic mass is 35.5. The minimum atomic E-state index is -0.480. The Balaban J connectivity index is 2.14. The SMILES string of the molecule is C=CCN1CN(Cc2ccc(Cl)cc2)C=C(N=O)C1N. The summed E-state index contributed by atoms with van der Waals surface area (Å²) in [5.41, 5.74) is 7.40. The molecule has 6 heteroatoms. The van der Waals surface area contributed by atoms with E-state index in [2.05, 4.69) is 11.8 Å². The zero-order valence-corrected chi connectivity index (χ0v) is 11.8. The van der Waals surface area contributed by atoms with Crippen molar-refractivity contribution in [3.05, 3.63) is 64.3 Å². The number of rotatable bonds is 5. The Hall–Kier alpha value is -1.69. The smallest absolute Gasteiger partial charge is 0.132 e. The first-order chi connectivity index (χ1) is 9.63. The molecule has 1 heterocycles. The van der Waals surface area contributed by atoms with Gasteiger partial charge in [-0.25, -0.2) is 0 Å². The zero-order valence-electron chi connectivity index (χ0n) is 11.1. The van der Waals surface area contributed by atoms with Crippen LogP contribution in [0.3, 0.4) is 0 Å². The molecule has 106 valence electrons. The van der Waals surface area contributed by atoms with Crippen LogP contribution in [-0.2, 0) is 6.54 Å². The highest BCUT2D eigenvalue weighted by molar-refractivity contribution is 6.30. The van der Waals surface area contributed by atoms with E-state index >= 15 is 0 Å². The van der Waals surface area contributed by atoms with Crippen molar-refractivity contribution in [2.24, 2.45) is 10.9 Å². The predicted octanol–water partition coefficient (Wildman–Crippen LogP) is 2.49. The maximum atomic E-state index is 10.9. The first-order valence-corrected chi connectivity index (χ1v) is 6.66. The molecule has 0 saturated carbocycles. The van der Waals surface area contributed by atoms with Crippen LogP contribution >= 0.6 is 11.6 Å². The molecule has 2 rings (SSSR count). The maximum absolute atomic E-state index is 10.9. The van der Waals surface area contributed by atoms with Crippen LogP contribution in [0.5, 0.6) is 0 Å². The van der Waals surface area contributed by atoms with Crippen LogP contribution in [0, 0.1) is 4.91 Å². The van der Waals surface area contributed by atoms with Gasteiger partial charge in [-0.3, -0.25) is 4.90 Å². The number of halogens is 1. The van der Waals surface area contributed by atoms with Crippen molar-refractivity contribution in [2.75, 3.05) is 13.2 Å². The van der Waals surface area contributed by atoms with Gasteiger partial charge in [0.05, 0.1) is 6.67 Å². The number of hydrogen-bond donors (Lipinski definition) is 1. The Morgan fingerprint density at radius 3 is 2.75 bits per heavy atom. The minimum Gasteiger partial charge on any atom is -0.358 e. The van der Waals surface area contributed by atoms with Crippen molar-refractivity contribution in [1.82, 2.24) is 9.80 Å². The van der Waals surface area contributed by atoms with Gasteiger partial charge < -0.3 is 10.6 Å². The van der Waals surface area contributed by atoms with Crippen LogP contribution in [0.15, 0.2) is 54.0 Å². The normalized spacial score (nSPS) is 19.6. The van der Waals surface area contributed by atoms with Crippen LogP contribution in [0.4, 0.5) is 0 Å². The Kier molecular flexibility index (Phi) is 4.89. The van der Waals surface area contributed by atoms with Gasteiger partial charge in [-0.05, 0) is 22.9 Å². The number of hydrogen-bond acceptors (Lipinski definition) is 5. The largest absolute Gasteiger partial charge is 0.358 e. The molecule has 0 fully saturated rings. The fraction of sp³-hybridized carbons (Fsp3) is 0.286. The van der Waals surface area contributed by atoms with Gasteiger partial charge in [0.15, 0.2) is 0 Å². The van der Waals surface area contributed by atoms with Gasteiger partial charge in [-0.2, -0.15) is 0 Å². The molecule has 1 aliphatic rings. The van der Waals surface area contributed by atoms with Gasteiger partial charge in [0, 0.05) is 24.3 Å². The molecule has 1 atom stereocenters. The lowest BCUT2D eigenvalue weighted by atomic mass is 10.2. The van der Waals surface area contributed by atoms with E-state index in [1.54, 1.807) is 12.3 Å². The van der Waals surface area contributed by atoms with E-state index < -0.39 is 6.17 Å². The number of nitroso groups, excluding NO2 is 1. The fourth-order valence-corrected chi connectivity index (χ4v) is 2.27. The Morgan fingerprint density at radius 2 is 2.15 bits per heavy atom. The summed E-state index contributed by atoms with van der Waals surface area (Å²) in [6, 6.07) is 7.60. The second-order valence-electron chi connectivity index (χ2n) is 4.66. The summed E-state index contributed by atoms with van der Waals surface area (Å²) in [6.45, 7) is 5.59. The molecule has 1 unspecified atom stereocenters. The highest BCUT2D eigenvalue weighted by Crippen LogP contribution is 2.19. The van der Waals surface area contributed by atoms with E-state index in [9.17, 15) is 4.91 Å². The predicted molar refractivity (Wildman–Crippen MR) is 80.6 cm³/mol. The summed E-state index contributed by atoms with van der Waals surface area (Å²) in [5.74, 6) is 0. The fourth-order valence-electron chi connectivity index (χ4n) is 2.15. The van der Waals surface area contributed by atoms with Crippen LogP contribution < -0.4 is 5.73 Å². The molecular weight excluding hydrogens is 276 g/mol. The molecule has 0 bridgehead atoms. The van der Waals surface area contributed by atoms with Gasteiger partial charge in [-0.15, -0.1) is 11.5 Å². The molecule has 2 N–H and O–H groups in total. The summed E-state index contributed by atoms with van der Waals surface area (Å²) in [7, 11) is 0. The summed E-state index contributed by atoms with van der Waals surface area (Å²) in [4.78, 5) is 14.8. The molecule has 0 radical (unpaired) electrons. The summed E-state index contributed by atoms with van der Waals surface area (Å²) < 4.78 is 0. The van der Waals surface area contributed by atoms with E-state index in [4.69, 9.17) is 17.3 Å². The first kappa shape index (κ1) is 14.7. The quantitative estimate of drug-likeness (QED) is 0.669. The van der Waals surface area contributed by atoms with Crippen LogP contribution in [-0.4, -0.2) is 29.2 Å². The monoisotopic (exact) mass is 292 g/mol. The van der Waals surface area contributed by atoms with Crippen LogP contribution in [0.25, 0.3) is 0 Å². The molecule has 0 aromatic heterocycles. The first-order valence-electron chi connectivity index (χ1n) is 6.28. The molecule has 1 aromatic rings. The van der Waals surface area contributed by atoms with Crippen molar-refractivity contribution in [3.8, 4) is 0 Å². The topological polar surface area (TPSA) is 61.9 Å². The highest BCUT2D eigenvalue weighted by Gasteiger charge is 2.25. The molecule has 5 nitrogen and oxygen atoms in total. The minimum absolute atomic E-state index is 0.326. The van der Waals surface area contributed by atoms with Crippen molar-refractivity contribution in [3.63, 3.8) is 0 Å². The second kappa shape index (κ2) is 6.65. The summed E-state index contributed by atoms with van der Waals surface area (Å²) in [6.07, 6.45) is 2.99. The van der Waals surface area contributed by atoms with Gasteiger partial charge >= 0.3 is 0 Å². The van der Waals surface area contributed by atoms with Crippen LogP contribution in [0.1, 0.15) is 5.56 Å². The lowest BCUT2D eigenvalue weighted by Crippen LogP contribution is -2.51. The number of nitrogens with two attached hydrogens (primary N) is 1. The number of nitrogens with zero attached hydrogens (tertiary/aromatic N) is 3. The molecule has 0 amide bonds. The van der Waals surface area contributed by atoms with E-state index in [-0.39, 0.29) is 0 Å². The summed E-state index contributed by atoms with van der Waals surface area (Å²) in [5, 5.41) is 3.72. The molecule has 0 spiro atoms. The van der Waals surface area contributed by atoms with Gasteiger partial charge in [0.2, 0.25) is 0 Å². The van der Waals surface area contributed by atoms with Crippen molar-refractivity contribution < 1.29 is 0 Å². The molecule has 1 aromatic carbocycles. The van der Waals surface area contributed by atoms with Crippen molar-refractivity contribution in [2.45, 2.75) is 12.7 Å². The lowest BCUT2D eigenvalue weighted by molar-refractivity contribution is 0.126. The third-order valence-corrected chi connectivity index (χ3v) is 3.39. The third kappa shape index (κ3) is 3.45. The van der Waals surface area contributed by atoms with E-state index in [1.165, 1.54) is 0 Å². The molecular formula is C14H17ClN4O. The van der Waals surface area contributed by atoms with Crippen LogP contribution in [0.2, 0.25) is 5.02 Å². The van der Waals surface area contributed by atoms with Gasteiger partial charge in [0.1, 0.15) is 11.9 Å². The average molecular weight is 293 g/mol. The third-order valence-electron chi connectivity index (χ3n) is 3.14. The van der Waals surface area contributed by atoms with Crippen molar-refractivity contribution >= 4 is 11.6 Å². The Labute approximate surface area is 123 Å². The van der Waals surface area contributed by atoms with E-state index in [0.717, 1.165) is 5.56 Å². The second-order valence-corrected chi connectivity index (χ2v) is 5.10. The van der Waals surface area contributed by atoms with Gasteiger partial charge in [0.25, 0.3) is 0 Å². The van der Waals surface area contributed by atoms with E-state index in [0.29, 0.717) is 30.5 Å². The molecule has 1 aliphatic heterocycles. The standard InChI is InChI=1S/C14H17ClN4O/c1-2-7-19-10-18(9-13(17-20)14(19)16)8-11-3-5-12(15)6-4-11/h2-6,9,14H,1,7-8,10,16H2. The van der Waals surface area contributed by atoms with Gasteiger partial charge in [-0.1, -0.05) is 29.8 Å². The lowest BCUT2D eigenvalue weighted by Gasteiger charge is -2.37. The Bertz CT molecular complexity index is 514. The Morgan fingerprint density at radius 1 is 1.45 bits per heavy atom. The zero-order chi connectivity index (χ0) is 14.5. The van der Waals surface area contributed by atoms with Crippen molar-refractivity contribution in [1.29, 1.82) is 0 Å². The maximum Gasteiger partial charge on any atom is 0.132 e. The van der Waals surface area contributed by atoms with E-state index in [1.807, 2.05) is 34.1 Å². The average Bonchev–Trinajstić information content (AvgIpc) is 2.45. The molecule has 0 saturated heterocycles. The number of benzene rings is 1. The summed E-state index contributed by atoms with van der Waals surface area (Å²) >= 11 is 5.87. The molecule has 0 aliphatic carbocycles.